The molecule has 10 heteroatoms. The van der Waals surface area contributed by atoms with Crippen molar-refractivity contribution in [2.45, 2.75) is 19.5 Å². The summed E-state index contributed by atoms with van der Waals surface area (Å²) in [7, 11) is 1.33. The van der Waals surface area contributed by atoms with Crippen LogP contribution < -0.4 is 14.8 Å². The number of carbonyl (C=O) groups is 1. The van der Waals surface area contributed by atoms with E-state index < -0.39 is 6.61 Å². The van der Waals surface area contributed by atoms with Gasteiger partial charge in [-0.05, 0) is 30.3 Å². The molecule has 0 saturated carbocycles. The zero-order valence-electron chi connectivity index (χ0n) is 15.6. The minimum atomic E-state index is -3.02. The third kappa shape index (κ3) is 5.61. The SMILES string of the molecule is COc1ccc(NC(=O)CCc2ncc(-c3ccc(Cl)cc3Cl)o2)cc1OC(F)F. The van der Waals surface area contributed by atoms with Crippen LogP contribution in [0.5, 0.6) is 11.5 Å². The van der Waals surface area contributed by atoms with E-state index in [1.807, 2.05) is 0 Å². The summed E-state index contributed by atoms with van der Waals surface area (Å²) in [5.41, 5.74) is 0.923. The molecule has 0 unspecified atom stereocenters. The number of carbonyl (C=O) groups excluding carboxylic acids is 1. The van der Waals surface area contributed by atoms with Gasteiger partial charge in [-0.15, -0.1) is 0 Å². The van der Waals surface area contributed by atoms with E-state index in [1.165, 1.54) is 31.5 Å². The summed E-state index contributed by atoms with van der Waals surface area (Å²) < 4.78 is 40.0. The van der Waals surface area contributed by atoms with Crippen molar-refractivity contribution in [1.29, 1.82) is 0 Å². The van der Waals surface area contributed by atoms with Crippen LogP contribution in [0.4, 0.5) is 14.5 Å². The van der Waals surface area contributed by atoms with E-state index in [1.54, 1.807) is 18.2 Å². The highest BCUT2D eigenvalue weighted by Crippen LogP contribution is 2.32. The van der Waals surface area contributed by atoms with Gasteiger partial charge in [0.15, 0.2) is 23.1 Å². The molecule has 0 aliphatic carbocycles. The van der Waals surface area contributed by atoms with E-state index in [0.717, 1.165) is 0 Å². The predicted octanol–water partition coefficient (Wildman–Crippen LogP) is 5.83. The molecule has 0 fully saturated rings. The van der Waals surface area contributed by atoms with Gasteiger partial charge in [0.1, 0.15) is 0 Å². The number of hydrogen-bond donors (Lipinski definition) is 1. The fourth-order valence-electron chi connectivity index (χ4n) is 2.63. The molecule has 0 saturated heterocycles. The molecule has 0 atom stereocenters. The van der Waals surface area contributed by atoms with E-state index in [4.69, 9.17) is 32.4 Å². The van der Waals surface area contributed by atoms with Crippen LogP contribution in [0.3, 0.4) is 0 Å². The Hall–Kier alpha value is -2.84. The quantitative estimate of drug-likeness (QED) is 0.461. The van der Waals surface area contributed by atoms with Crippen LogP contribution in [0.1, 0.15) is 12.3 Å². The van der Waals surface area contributed by atoms with Crippen molar-refractivity contribution in [3.05, 3.63) is 58.5 Å². The lowest BCUT2D eigenvalue weighted by molar-refractivity contribution is -0.116. The van der Waals surface area contributed by atoms with Crippen molar-refractivity contribution in [2.75, 3.05) is 12.4 Å². The first kappa shape index (κ1) is 21.9. The lowest BCUT2D eigenvalue weighted by Crippen LogP contribution is -2.13. The van der Waals surface area contributed by atoms with Crippen LogP contribution in [0.25, 0.3) is 11.3 Å². The zero-order chi connectivity index (χ0) is 21.7. The summed E-state index contributed by atoms with van der Waals surface area (Å²) in [6, 6.07) is 9.18. The van der Waals surface area contributed by atoms with Crippen molar-refractivity contribution in [2.24, 2.45) is 0 Å². The van der Waals surface area contributed by atoms with E-state index in [9.17, 15) is 13.6 Å². The fourth-order valence-corrected chi connectivity index (χ4v) is 3.13. The highest BCUT2D eigenvalue weighted by Gasteiger charge is 2.14. The van der Waals surface area contributed by atoms with Gasteiger partial charge in [0, 0.05) is 35.2 Å². The molecule has 0 spiro atoms. The summed E-state index contributed by atoms with van der Waals surface area (Å²) in [5.74, 6) is 0.398. The molecule has 3 rings (SSSR count). The Kier molecular flexibility index (Phi) is 7.12. The maximum absolute atomic E-state index is 12.5. The minimum Gasteiger partial charge on any atom is -0.493 e. The minimum absolute atomic E-state index is 0.0609. The molecule has 1 amide bonds. The van der Waals surface area contributed by atoms with Gasteiger partial charge in [-0.2, -0.15) is 8.78 Å². The average Bonchev–Trinajstić information content (AvgIpc) is 3.15. The highest BCUT2D eigenvalue weighted by molar-refractivity contribution is 6.36. The topological polar surface area (TPSA) is 73.6 Å². The summed E-state index contributed by atoms with van der Waals surface area (Å²) >= 11 is 12.0. The van der Waals surface area contributed by atoms with Gasteiger partial charge in [-0.25, -0.2) is 4.98 Å². The van der Waals surface area contributed by atoms with Crippen molar-refractivity contribution >= 4 is 34.8 Å². The molecule has 6 nitrogen and oxygen atoms in total. The first-order valence-corrected chi connectivity index (χ1v) is 9.44. The van der Waals surface area contributed by atoms with Gasteiger partial charge in [-0.3, -0.25) is 4.79 Å². The Morgan fingerprint density at radius 3 is 2.70 bits per heavy atom. The predicted molar refractivity (Wildman–Crippen MR) is 109 cm³/mol. The maximum Gasteiger partial charge on any atom is 0.387 e. The molecule has 1 N–H and O–H groups in total. The van der Waals surface area contributed by atoms with Gasteiger partial charge >= 0.3 is 6.61 Å². The highest BCUT2D eigenvalue weighted by atomic mass is 35.5. The number of ether oxygens (including phenoxy) is 2. The van der Waals surface area contributed by atoms with Gasteiger partial charge < -0.3 is 19.2 Å². The lowest BCUT2D eigenvalue weighted by Gasteiger charge is -2.12. The number of aryl methyl sites for hydroxylation is 1. The maximum atomic E-state index is 12.5. The molecule has 0 radical (unpaired) electrons. The Morgan fingerprint density at radius 1 is 1.20 bits per heavy atom. The molecule has 1 heterocycles. The van der Waals surface area contributed by atoms with Gasteiger partial charge in [0.25, 0.3) is 0 Å². The second kappa shape index (κ2) is 9.77. The molecule has 0 aliphatic heterocycles. The fraction of sp³-hybridized carbons (Fsp3) is 0.200. The average molecular weight is 457 g/mol. The summed E-state index contributed by atoms with van der Waals surface area (Å²) in [6.45, 7) is -3.02. The largest absolute Gasteiger partial charge is 0.493 e. The Morgan fingerprint density at radius 2 is 2.00 bits per heavy atom. The number of nitrogens with one attached hydrogen (secondary N) is 1. The standard InChI is InChI=1S/C20H16Cl2F2N2O4/c1-28-15-5-3-12(9-16(15)30-20(23)24)26-18(27)6-7-19-25-10-17(29-19)13-4-2-11(21)8-14(13)22/h2-5,8-10,20H,6-7H2,1H3,(H,26,27). The molecule has 3 aromatic rings. The number of oxazole rings is 1. The third-order valence-electron chi connectivity index (χ3n) is 3.98. The van der Waals surface area contributed by atoms with Crippen LogP contribution in [-0.4, -0.2) is 24.6 Å². The number of alkyl halides is 2. The summed E-state index contributed by atoms with van der Waals surface area (Å²) in [5, 5.41) is 3.53. The second-order valence-corrected chi connectivity index (χ2v) is 6.88. The first-order chi connectivity index (χ1) is 14.4. The number of anilines is 1. The van der Waals surface area contributed by atoms with Crippen LogP contribution in [0.15, 0.2) is 47.0 Å². The second-order valence-electron chi connectivity index (χ2n) is 6.03. The summed E-state index contributed by atoms with van der Waals surface area (Å²) in [6.07, 6.45) is 1.80. The summed E-state index contributed by atoms with van der Waals surface area (Å²) in [4.78, 5) is 16.4. The Labute approximate surface area is 180 Å². The van der Waals surface area contributed by atoms with Crippen molar-refractivity contribution in [1.82, 2.24) is 4.98 Å². The first-order valence-electron chi connectivity index (χ1n) is 8.68. The molecule has 30 heavy (non-hydrogen) atoms. The number of hydrogen-bond acceptors (Lipinski definition) is 5. The zero-order valence-corrected chi connectivity index (χ0v) is 17.1. The number of rotatable bonds is 8. The Balaban J connectivity index is 1.61. The van der Waals surface area contributed by atoms with Crippen molar-refractivity contribution in [3.8, 4) is 22.8 Å². The van der Waals surface area contributed by atoms with E-state index >= 15 is 0 Å². The van der Waals surface area contributed by atoms with Crippen LogP contribution >= 0.6 is 23.2 Å². The number of benzene rings is 2. The Bertz CT molecular complexity index is 1040. The smallest absolute Gasteiger partial charge is 0.387 e. The van der Waals surface area contributed by atoms with E-state index in [-0.39, 0.29) is 35.9 Å². The van der Waals surface area contributed by atoms with Crippen LogP contribution in [0.2, 0.25) is 10.0 Å². The number of halogens is 4. The molecule has 2 aromatic carbocycles. The third-order valence-corrected chi connectivity index (χ3v) is 4.53. The van der Waals surface area contributed by atoms with Crippen molar-refractivity contribution < 1.29 is 27.5 Å². The number of amides is 1. The molecular weight excluding hydrogens is 441 g/mol. The number of methoxy groups -OCH3 is 1. The van der Waals surface area contributed by atoms with Crippen LogP contribution in [-0.2, 0) is 11.2 Å². The van der Waals surface area contributed by atoms with E-state index in [0.29, 0.717) is 27.3 Å². The monoisotopic (exact) mass is 456 g/mol. The normalized spacial score (nSPS) is 10.9. The van der Waals surface area contributed by atoms with Crippen LogP contribution in [0, 0.1) is 0 Å². The molecule has 0 aliphatic rings. The molecule has 0 bridgehead atoms. The van der Waals surface area contributed by atoms with Gasteiger partial charge in [-0.1, -0.05) is 23.2 Å². The molecular formula is C20H16Cl2F2N2O4. The van der Waals surface area contributed by atoms with Crippen molar-refractivity contribution in [3.63, 3.8) is 0 Å². The number of nitrogens with zero attached hydrogens (tertiary/aromatic N) is 1. The molecule has 1 aromatic heterocycles. The lowest BCUT2D eigenvalue weighted by atomic mass is 10.2. The van der Waals surface area contributed by atoms with Gasteiger partial charge in [0.05, 0.1) is 18.3 Å². The number of aromatic nitrogens is 1. The van der Waals surface area contributed by atoms with Gasteiger partial charge in [0.2, 0.25) is 5.91 Å². The van der Waals surface area contributed by atoms with E-state index in [2.05, 4.69) is 15.0 Å². The molecule has 158 valence electrons.